The van der Waals surface area contributed by atoms with Gasteiger partial charge in [0.2, 0.25) is 0 Å². The van der Waals surface area contributed by atoms with Crippen LogP contribution < -0.4 is 0 Å². The van der Waals surface area contributed by atoms with Gasteiger partial charge in [-0.25, -0.2) is 4.98 Å². The number of amides is 1. The van der Waals surface area contributed by atoms with Crippen molar-refractivity contribution in [2.24, 2.45) is 5.92 Å². The number of aliphatic hydroxyl groups excluding tert-OH is 1. The number of para-hydroxylation sites is 1. The molecule has 5 nitrogen and oxygen atoms in total. The maximum absolute atomic E-state index is 13.4. The van der Waals surface area contributed by atoms with Crippen molar-refractivity contribution in [2.75, 3.05) is 32.9 Å². The minimum Gasteiger partial charge on any atom is -0.396 e. The van der Waals surface area contributed by atoms with E-state index in [1.54, 1.807) is 4.90 Å². The summed E-state index contributed by atoms with van der Waals surface area (Å²) in [5, 5.41) is 10.4. The number of rotatable bonds is 3. The third kappa shape index (κ3) is 3.70. The highest BCUT2D eigenvalue weighted by molar-refractivity contribution is 6.07. The van der Waals surface area contributed by atoms with Gasteiger partial charge < -0.3 is 14.7 Å². The molecule has 5 heteroatoms. The van der Waals surface area contributed by atoms with Crippen LogP contribution in [0.2, 0.25) is 0 Å². The molecule has 2 aromatic carbocycles. The fourth-order valence-electron chi connectivity index (χ4n) is 3.45. The summed E-state index contributed by atoms with van der Waals surface area (Å²) in [6, 6.07) is 19.5. The second-order valence-corrected chi connectivity index (χ2v) is 6.81. The summed E-state index contributed by atoms with van der Waals surface area (Å²) >= 11 is 0. The second-order valence-electron chi connectivity index (χ2n) is 6.81. The summed E-state index contributed by atoms with van der Waals surface area (Å²) in [5.41, 5.74) is 3.19. The van der Waals surface area contributed by atoms with Crippen LogP contribution in [0, 0.1) is 5.92 Å². The molecule has 1 aliphatic rings. The van der Waals surface area contributed by atoms with Gasteiger partial charge in [0.05, 0.1) is 30.0 Å². The number of fused-ring (bicyclic) bond motifs is 1. The van der Waals surface area contributed by atoms with Gasteiger partial charge in [-0.1, -0.05) is 48.5 Å². The zero-order valence-electron chi connectivity index (χ0n) is 15.0. The van der Waals surface area contributed by atoms with Gasteiger partial charge in [-0.15, -0.1) is 0 Å². The van der Waals surface area contributed by atoms with E-state index in [4.69, 9.17) is 9.72 Å². The largest absolute Gasteiger partial charge is 0.396 e. The normalized spacial score (nSPS) is 17.7. The van der Waals surface area contributed by atoms with Crippen molar-refractivity contribution in [3.8, 4) is 11.3 Å². The number of aliphatic hydroxyl groups is 1. The van der Waals surface area contributed by atoms with Gasteiger partial charge in [-0.05, 0) is 12.1 Å². The standard InChI is InChI=1S/C22H22N2O3/c25-14-16-13-24(10-11-27-15-16)22(26)19-12-21(17-6-2-1-3-7-17)23-20-9-5-4-8-18(19)20/h1-9,12,16,25H,10-11,13-15H2/t16-/m1/s1. The molecule has 3 aromatic rings. The zero-order chi connectivity index (χ0) is 18.6. The number of hydrogen-bond acceptors (Lipinski definition) is 4. The summed E-state index contributed by atoms with van der Waals surface area (Å²) < 4.78 is 5.53. The fraction of sp³-hybridized carbons (Fsp3) is 0.273. The van der Waals surface area contributed by atoms with Crippen molar-refractivity contribution < 1.29 is 14.6 Å². The molecule has 1 aromatic heterocycles. The minimum absolute atomic E-state index is 0.0101. The Labute approximate surface area is 158 Å². The van der Waals surface area contributed by atoms with Crippen molar-refractivity contribution in [1.82, 2.24) is 9.88 Å². The van der Waals surface area contributed by atoms with Crippen LogP contribution in [0.25, 0.3) is 22.2 Å². The summed E-state index contributed by atoms with van der Waals surface area (Å²) in [7, 11) is 0. The molecule has 138 valence electrons. The van der Waals surface area contributed by atoms with Gasteiger partial charge in [0.15, 0.2) is 0 Å². The van der Waals surface area contributed by atoms with Crippen LogP contribution in [0.1, 0.15) is 10.4 Å². The first-order valence-electron chi connectivity index (χ1n) is 9.19. The number of carbonyl (C=O) groups excluding carboxylic acids is 1. The van der Waals surface area contributed by atoms with Crippen molar-refractivity contribution in [3.63, 3.8) is 0 Å². The predicted octanol–water partition coefficient (Wildman–Crippen LogP) is 2.98. The molecule has 27 heavy (non-hydrogen) atoms. The highest BCUT2D eigenvalue weighted by Crippen LogP contribution is 2.26. The van der Waals surface area contributed by atoms with Crippen LogP contribution in [-0.4, -0.2) is 53.8 Å². The summed E-state index contributed by atoms with van der Waals surface area (Å²) in [4.78, 5) is 19.9. The number of benzene rings is 2. The molecule has 0 radical (unpaired) electrons. The van der Waals surface area contributed by atoms with E-state index in [9.17, 15) is 9.90 Å². The van der Waals surface area contributed by atoms with Crippen molar-refractivity contribution in [1.29, 1.82) is 0 Å². The highest BCUT2D eigenvalue weighted by atomic mass is 16.5. The Morgan fingerprint density at radius 2 is 1.93 bits per heavy atom. The monoisotopic (exact) mass is 362 g/mol. The lowest BCUT2D eigenvalue weighted by Crippen LogP contribution is -2.37. The first-order chi connectivity index (χ1) is 13.3. The predicted molar refractivity (Wildman–Crippen MR) is 104 cm³/mol. The lowest BCUT2D eigenvalue weighted by molar-refractivity contribution is 0.0730. The number of carbonyl (C=O) groups is 1. The summed E-state index contributed by atoms with van der Waals surface area (Å²) in [6.45, 7) is 1.99. The molecule has 1 fully saturated rings. The van der Waals surface area contributed by atoms with E-state index in [0.29, 0.717) is 31.9 Å². The quantitative estimate of drug-likeness (QED) is 0.778. The SMILES string of the molecule is O=C(c1cc(-c2ccccc2)nc2ccccc12)N1CCOC[C@@H](CO)C1. The maximum Gasteiger partial charge on any atom is 0.254 e. The Balaban J connectivity index is 1.78. The first-order valence-corrected chi connectivity index (χ1v) is 9.19. The third-order valence-electron chi connectivity index (χ3n) is 4.90. The van der Waals surface area contributed by atoms with Crippen LogP contribution in [-0.2, 0) is 4.74 Å². The molecule has 1 amide bonds. The van der Waals surface area contributed by atoms with Gasteiger partial charge in [-0.3, -0.25) is 4.79 Å². The molecule has 1 N–H and O–H groups in total. The van der Waals surface area contributed by atoms with Crippen LogP contribution in [0.5, 0.6) is 0 Å². The molecule has 1 saturated heterocycles. The molecule has 4 rings (SSSR count). The lowest BCUT2D eigenvalue weighted by Gasteiger charge is -2.23. The molecule has 0 aliphatic carbocycles. The summed E-state index contributed by atoms with van der Waals surface area (Å²) in [5.74, 6) is -0.104. The van der Waals surface area contributed by atoms with Gasteiger partial charge in [0.25, 0.3) is 5.91 Å². The number of ether oxygens (including phenoxy) is 1. The van der Waals surface area contributed by atoms with Gasteiger partial charge in [-0.2, -0.15) is 0 Å². The third-order valence-corrected chi connectivity index (χ3v) is 4.90. The molecule has 0 spiro atoms. The van der Waals surface area contributed by atoms with Crippen molar-refractivity contribution in [2.45, 2.75) is 0 Å². The van der Waals surface area contributed by atoms with E-state index < -0.39 is 0 Å². The van der Waals surface area contributed by atoms with Crippen LogP contribution in [0.4, 0.5) is 0 Å². The Morgan fingerprint density at radius 1 is 1.15 bits per heavy atom. The Hall–Kier alpha value is -2.76. The topological polar surface area (TPSA) is 62.7 Å². The molecule has 1 aliphatic heterocycles. The van der Waals surface area contributed by atoms with E-state index >= 15 is 0 Å². The van der Waals surface area contributed by atoms with Gasteiger partial charge in [0.1, 0.15) is 0 Å². The first kappa shape index (κ1) is 17.6. The molecule has 2 heterocycles. The number of pyridine rings is 1. The van der Waals surface area contributed by atoms with Crippen molar-refractivity contribution in [3.05, 3.63) is 66.2 Å². The molecule has 0 bridgehead atoms. The summed E-state index contributed by atoms with van der Waals surface area (Å²) in [6.07, 6.45) is 0. The smallest absolute Gasteiger partial charge is 0.254 e. The molecule has 0 saturated carbocycles. The second kappa shape index (κ2) is 7.86. The Kier molecular flexibility index (Phi) is 5.14. The van der Waals surface area contributed by atoms with E-state index in [0.717, 1.165) is 22.2 Å². The van der Waals surface area contributed by atoms with E-state index in [2.05, 4.69) is 0 Å². The van der Waals surface area contributed by atoms with Crippen LogP contribution in [0.3, 0.4) is 0 Å². The maximum atomic E-state index is 13.4. The average Bonchev–Trinajstić information content (AvgIpc) is 2.99. The van der Waals surface area contributed by atoms with Crippen LogP contribution in [0.15, 0.2) is 60.7 Å². The fourth-order valence-corrected chi connectivity index (χ4v) is 3.45. The van der Waals surface area contributed by atoms with Crippen LogP contribution >= 0.6 is 0 Å². The van der Waals surface area contributed by atoms with E-state index in [-0.39, 0.29) is 18.4 Å². The number of aromatic nitrogens is 1. The average molecular weight is 362 g/mol. The highest BCUT2D eigenvalue weighted by Gasteiger charge is 2.25. The molecule has 0 unspecified atom stereocenters. The Morgan fingerprint density at radius 3 is 2.74 bits per heavy atom. The minimum atomic E-state index is -0.0573. The molecular weight excluding hydrogens is 340 g/mol. The van der Waals surface area contributed by atoms with E-state index in [1.807, 2.05) is 60.7 Å². The van der Waals surface area contributed by atoms with Gasteiger partial charge in [0, 0.05) is 36.6 Å². The lowest BCUT2D eigenvalue weighted by atomic mass is 10.0. The van der Waals surface area contributed by atoms with Gasteiger partial charge >= 0.3 is 0 Å². The molecular formula is C22H22N2O3. The number of nitrogens with zero attached hydrogens (tertiary/aromatic N) is 2. The number of hydrogen-bond donors (Lipinski definition) is 1. The van der Waals surface area contributed by atoms with E-state index in [1.165, 1.54) is 0 Å². The molecule has 1 atom stereocenters. The van der Waals surface area contributed by atoms with Crippen molar-refractivity contribution >= 4 is 16.8 Å². The Bertz CT molecular complexity index is 943. The zero-order valence-corrected chi connectivity index (χ0v) is 15.0.